The van der Waals surface area contributed by atoms with Gasteiger partial charge in [-0.05, 0) is 30.4 Å². The van der Waals surface area contributed by atoms with Crippen LogP contribution in [0.3, 0.4) is 0 Å². The van der Waals surface area contributed by atoms with E-state index in [1.807, 2.05) is 24.4 Å². The van der Waals surface area contributed by atoms with Crippen LogP contribution < -0.4 is 4.74 Å². The van der Waals surface area contributed by atoms with Crippen LogP contribution in [-0.2, 0) is 13.0 Å². The van der Waals surface area contributed by atoms with Crippen LogP contribution >= 0.6 is 0 Å². The summed E-state index contributed by atoms with van der Waals surface area (Å²) < 4.78 is 7.48. The van der Waals surface area contributed by atoms with Gasteiger partial charge in [-0.15, -0.1) is 0 Å². The highest BCUT2D eigenvalue weighted by molar-refractivity contribution is 5.65. The van der Waals surface area contributed by atoms with E-state index < -0.39 is 0 Å². The molecule has 1 aliphatic carbocycles. The Morgan fingerprint density at radius 3 is 2.83 bits per heavy atom. The third-order valence-electron chi connectivity index (χ3n) is 4.69. The van der Waals surface area contributed by atoms with Crippen LogP contribution in [-0.4, -0.2) is 16.9 Å². The third kappa shape index (κ3) is 3.73. The fourth-order valence-corrected chi connectivity index (χ4v) is 3.40. The molecule has 2 aromatic rings. The molecule has 0 aliphatic heterocycles. The molecule has 0 amide bonds. The summed E-state index contributed by atoms with van der Waals surface area (Å²) in [6.07, 6.45) is 11.2. The molecule has 4 nitrogen and oxygen atoms in total. The standard InChI is InChI=1S/C19H23N3O/c1-23-19-11-17(8-7-16(19)9-10-20)18-12-21-22(14-18)13-15-5-3-2-4-6-15/h7-8,11-12,14-15H,2-6,9,13H2,1H3. The van der Waals surface area contributed by atoms with E-state index in [1.165, 1.54) is 32.1 Å². The molecule has 0 radical (unpaired) electrons. The number of ether oxygens (including phenoxy) is 1. The summed E-state index contributed by atoms with van der Waals surface area (Å²) in [6.45, 7) is 1.02. The topological polar surface area (TPSA) is 50.8 Å². The Bertz CT molecular complexity index is 693. The summed E-state index contributed by atoms with van der Waals surface area (Å²) in [5.74, 6) is 1.54. The predicted molar refractivity (Wildman–Crippen MR) is 90.1 cm³/mol. The van der Waals surface area contributed by atoms with Gasteiger partial charge in [-0.1, -0.05) is 31.4 Å². The lowest BCUT2D eigenvalue weighted by Gasteiger charge is -2.21. The first kappa shape index (κ1) is 15.6. The van der Waals surface area contributed by atoms with E-state index in [9.17, 15) is 0 Å². The molecular weight excluding hydrogens is 286 g/mol. The van der Waals surface area contributed by atoms with E-state index in [4.69, 9.17) is 10.00 Å². The molecule has 0 spiro atoms. The Labute approximate surface area is 137 Å². The third-order valence-corrected chi connectivity index (χ3v) is 4.69. The lowest BCUT2D eigenvalue weighted by molar-refractivity contribution is 0.308. The maximum Gasteiger partial charge on any atom is 0.123 e. The molecule has 0 N–H and O–H groups in total. The Balaban J connectivity index is 1.75. The number of methoxy groups -OCH3 is 1. The van der Waals surface area contributed by atoms with Crippen molar-refractivity contribution in [2.75, 3.05) is 7.11 Å². The van der Waals surface area contributed by atoms with Crippen molar-refractivity contribution in [2.45, 2.75) is 45.1 Å². The van der Waals surface area contributed by atoms with Crippen molar-refractivity contribution in [3.05, 3.63) is 36.2 Å². The van der Waals surface area contributed by atoms with E-state index in [1.54, 1.807) is 7.11 Å². The number of nitriles is 1. The van der Waals surface area contributed by atoms with Crippen molar-refractivity contribution in [3.63, 3.8) is 0 Å². The molecule has 1 aliphatic rings. The molecule has 1 saturated carbocycles. The van der Waals surface area contributed by atoms with Gasteiger partial charge in [-0.25, -0.2) is 0 Å². The van der Waals surface area contributed by atoms with Crippen molar-refractivity contribution in [1.29, 1.82) is 5.26 Å². The summed E-state index contributed by atoms with van der Waals surface area (Å²) in [4.78, 5) is 0. The van der Waals surface area contributed by atoms with Crippen LogP contribution in [0, 0.1) is 17.2 Å². The Morgan fingerprint density at radius 1 is 1.26 bits per heavy atom. The largest absolute Gasteiger partial charge is 0.496 e. The van der Waals surface area contributed by atoms with E-state index in [-0.39, 0.29) is 0 Å². The quantitative estimate of drug-likeness (QED) is 0.831. The number of hydrogen-bond acceptors (Lipinski definition) is 3. The summed E-state index contributed by atoms with van der Waals surface area (Å²) in [5.41, 5.74) is 3.11. The first-order valence-electron chi connectivity index (χ1n) is 8.37. The minimum Gasteiger partial charge on any atom is -0.496 e. The van der Waals surface area contributed by atoms with Crippen LogP contribution in [0.15, 0.2) is 30.6 Å². The number of aromatic nitrogens is 2. The summed E-state index contributed by atoms with van der Waals surface area (Å²) >= 11 is 0. The summed E-state index contributed by atoms with van der Waals surface area (Å²) in [6, 6.07) is 8.17. The zero-order valence-corrected chi connectivity index (χ0v) is 13.7. The smallest absolute Gasteiger partial charge is 0.123 e. The number of nitrogens with zero attached hydrogens (tertiary/aromatic N) is 3. The van der Waals surface area contributed by atoms with E-state index in [0.717, 1.165) is 34.9 Å². The highest BCUT2D eigenvalue weighted by atomic mass is 16.5. The van der Waals surface area contributed by atoms with Crippen LogP contribution in [0.5, 0.6) is 5.75 Å². The van der Waals surface area contributed by atoms with Gasteiger partial charge >= 0.3 is 0 Å². The summed E-state index contributed by atoms with van der Waals surface area (Å²) in [5, 5.41) is 13.4. The highest BCUT2D eigenvalue weighted by Gasteiger charge is 2.15. The second-order valence-electron chi connectivity index (χ2n) is 6.32. The van der Waals surface area contributed by atoms with E-state index in [2.05, 4.69) is 22.0 Å². The maximum atomic E-state index is 8.87. The molecule has 120 valence electrons. The lowest BCUT2D eigenvalue weighted by Crippen LogP contribution is -2.14. The monoisotopic (exact) mass is 309 g/mol. The van der Waals surface area contributed by atoms with Gasteiger partial charge in [0, 0.05) is 23.9 Å². The average Bonchev–Trinajstić information content (AvgIpc) is 3.05. The molecule has 0 atom stereocenters. The number of hydrogen-bond donors (Lipinski definition) is 0. The Hall–Kier alpha value is -2.28. The normalized spacial score (nSPS) is 15.3. The predicted octanol–water partition coefficient (Wildman–Crippen LogP) is 4.21. The van der Waals surface area contributed by atoms with Gasteiger partial charge in [0.05, 0.1) is 25.8 Å². The van der Waals surface area contributed by atoms with Gasteiger partial charge in [0.15, 0.2) is 0 Å². The van der Waals surface area contributed by atoms with Gasteiger partial charge in [-0.3, -0.25) is 4.68 Å². The van der Waals surface area contributed by atoms with Crippen molar-refractivity contribution in [2.24, 2.45) is 5.92 Å². The van der Waals surface area contributed by atoms with E-state index >= 15 is 0 Å². The van der Waals surface area contributed by atoms with Crippen LogP contribution in [0.25, 0.3) is 11.1 Å². The maximum absolute atomic E-state index is 8.87. The molecule has 1 aromatic heterocycles. The number of benzene rings is 1. The first-order chi connectivity index (χ1) is 11.3. The van der Waals surface area contributed by atoms with Gasteiger partial charge in [0.2, 0.25) is 0 Å². The van der Waals surface area contributed by atoms with Crippen molar-refractivity contribution < 1.29 is 4.74 Å². The van der Waals surface area contributed by atoms with Crippen molar-refractivity contribution >= 4 is 0 Å². The summed E-state index contributed by atoms with van der Waals surface area (Å²) in [7, 11) is 1.65. The second kappa shape index (κ2) is 7.32. The van der Waals surface area contributed by atoms with Crippen LogP contribution in [0.2, 0.25) is 0 Å². The first-order valence-corrected chi connectivity index (χ1v) is 8.37. The molecule has 4 heteroatoms. The van der Waals surface area contributed by atoms with Crippen molar-refractivity contribution in [3.8, 4) is 22.9 Å². The second-order valence-corrected chi connectivity index (χ2v) is 6.32. The zero-order chi connectivity index (χ0) is 16.1. The number of rotatable bonds is 5. The zero-order valence-electron chi connectivity index (χ0n) is 13.7. The lowest BCUT2D eigenvalue weighted by atomic mass is 9.89. The van der Waals surface area contributed by atoms with Gasteiger partial charge in [-0.2, -0.15) is 10.4 Å². The molecule has 1 heterocycles. The molecule has 3 rings (SSSR count). The fourth-order valence-electron chi connectivity index (χ4n) is 3.40. The van der Waals surface area contributed by atoms with Crippen molar-refractivity contribution in [1.82, 2.24) is 9.78 Å². The molecule has 23 heavy (non-hydrogen) atoms. The Morgan fingerprint density at radius 2 is 2.09 bits per heavy atom. The molecule has 0 bridgehead atoms. The minimum atomic E-state index is 0.365. The van der Waals surface area contributed by atoms with Crippen LogP contribution in [0.4, 0.5) is 0 Å². The molecule has 0 unspecified atom stereocenters. The average molecular weight is 309 g/mol. The Kier molecular flexibility index (Phi) is 4.97. The molecule has 0 saturated heterocycles. The minimum absolute atomic E-state index is 0.365. The highest BCUT2D eigenvalue weighted by Crippen LogP contribution is 2.29. The van der Waals surface area contributed by atoms with Gasteiger partial charge in [0.1, 0.15) is 5.75 Å². The van der Waals surface area contributed by atoms with Crippen LogP contribution in [0.1, 0.15) is 37.7 Å². The SMILES string of the molecule is COc1cc(-c2cnn(CC3CCCCC3)c2)ccc1CC#N. The molecule has 1 aromatic carbocycles. The van der Waals surface area contributed by atoms with Gasteiger partial charge < -0.3 is 4.74 Å². The fraction of sp³-hybridized carbons (Fsp3) is 0.474. The molecule has 1 fully saturated rings. The molecular formula is C19H23N3O. The van der Waals surface area contributed by atoms with E-state index in [0.29, 0.717) is 6.42 Å². The van der Waals surface area contributed by atoms with Gasteiger partial charge in [0.25, 0.3) is 0 Å².